The smallest absolute Gasteiger partial charge is 0.332 e. The molecule has 0 aliphatic carbocycles. The molecule has 3 amide bonds. The van der Waals surface area contributed by atoms with Gasteiger partial charge in [0, 0.05) is 11.6 Å². The fourth-order valence-electron chi connectivity index (χ4n) is 2.37. The van der Waals surface area contributed by atoms with Crippen molar-refractivity contribution in [3.63, 3.8) is 0 Å². The van der Waals surface area contributed by atoms with Gasteiger partial charge in [0.05, 0.1) is 18.9 Å². The van der Waals surface area contributed by atoms with Gasteiger partial charge in [-0.2, -0.15) is 0 Å². The second-order valence-corrected chi connectivity index (χ2v) is 5.08. The lowest BCUT2D eigenvalue weighted by molar-refractivity contribution is -0.123. The van der Waals surface area contributed by atoms with Gasteiger partial charge in [-0.15, -0.1) is 0 Å². The molecular weight excluding hydrogens is 268 g/mol. The second kappa shape index (κ2) is 4.51. The minimum absolute atomic E-state index is 0.246. The molecule has 2 aliphatic rings. The first-order chi connectivity index (χ1) is 9.09. The molecule has 0 saturated carbocycles. The number of hydrogen-bond acceptors (Lipinski definition) is 3. The van der Waals surface area contributed by atoms with Gasteiger partial charge in [0.15, 0.2) is 0 Å². The van der Waals surface area contributed by atoms with E-state index >= 15 is 0 Å². The minimum atomic E-state index is -0.499. The monoisotopic (exact) mass is 280 g/mol. The maximum atomic E-state index is 12.3. The van der Waals surface area contributed by atoms with E-state index in [4.69, 9.17) is 16.3 Å². The lowest BCUT2D eigenvalue weighted by Crippen LogP contribution is -2.45. The number of halogens is 1. The molecule has 2 fully saturated rings. The number of nitrogens with zero attached hydrogens (tertiary/aromatic N) is 2. The van der Waals surface area contributed by atoms with Crippen LogP contribution in [0.2, 0.25) is 5.02 Å². The van der Waals surface area contributed by atoms with Gasteiger partial charge in [-0.05, 0) is 24.6 Å². The Kier molecular flexibility index (Phi) is 2.95. The van der Waals surface area contributed by atoms with Gasteiger partial charge in [0.1, 0.15) is 6.04 Å². The third-order valence-corrected chi connectivity index (χ3v) is 3.89. The third kappa shape index (κ3) is 1.89. The van der Waals surface area contributed by atoms with Gasteiger partial charge >= 0.3 is 6.03 Å². The molecule has 0 bridgehead atoms. The number of carbonyl (C=O) groups excluding carboxylic acids is 2. The lowest BCUT2D eigenvalue weighted by Gasteiger charge is -2.26. The quantitative estimate of drug-likeness (QED) is 0.737. The first-order valence-corrected chi connectivity index (χ1v) is 6.46. The van der Waals surface area contributed by atoms with Crippen LogP contribution in [0.25, 0.3) is 0 Å². The highest BCUT2D eigenvalue weighted by atomic mass is 35.5. The van der Waals surface area contributed by atoms with Crippen LogP contribution in [0.3, 0.4) is 0 Å². The summed E-state index contributed by atoms with van der Waals surface area (Å²) in [6.07, 6.45) is 0. The van der Waals surface area contributed by atoms with Gasteiger partial charge < -0.3 is 9.64 Å². The van der Waals surface area contributed by atoms with Crippen LogP contribution in [0.5, 0.6) is 0 Å². The van der Waals surface area contributed by atoms with Crippen molar-refractivity contribution in [1.29, 1.82) is 0 Å². The van der Waals surface area contributed by atoms with Crippen molar-refractivity contribution in [2.45, 2.75) is 13.0 Å². The summed E-state index contributed by atoms with van der Waals surface area (Å²) in [5.41, 5.74) is 1.42. The van der Waals surface area contributed by atoms with E-state index in [9.17, 15) is 9.59 Å². The van der Waals surface area contributed by atoms with Gasteiger partial charge in [-0.1, -0.05) is 17.7 Å². The Hall–Kier alpha value is -1.59. The summed E-state index contributed by atoms with van der Waals surface area (Å²) in [6.45, 7) is 3.06. The van der Waals surface area contributed by atoms with Crippen LogP contribution in [0, 0.1) is 6.92 Å². The lowest BCUT2D eigenvalue weighted by atomic mass is 10.2. The third-order valence-electron chi connectivity index (χ3n) is 3.48. The number of benzene rings is 1. The van der Waals surface area contributed by atoms with Gasteiger partial charge in [0.25, 0.3) is 5.91 Å². The number of amides is 3. The number of morpholine rings is 1. The van der Waals surface area contributed by atoms with E-state index in [0.717, 1.165) is 5.56 Å². The predicted octanol–water partition coefficient (Wildman–Crippen LogP) is 1.82. The van der Waals surface area contributed by atoms with Crippen LogP contribution in [0.4, 0.5) is 10.5 Å². The molecule has 19 heavy (non-hydrogen) atoms. The van der Waals surface area contributed by atoms with Crippen LogP contribution < -0.4 is 4.90 Å². The van der Waals surface area contributed by atoms with Crippen LogP contribution in [-0.4, -0.2) is 42.6 Å². The van der Waals surface area contributed by atoms with E-state index in [1.165, 1.54) is 4.90 Å². The maximum absolute atomic E-state index is 12.3. The van der Waals surface area contributed by atoms with Crippen molar-refractivity contribution in [3.8, 4) is 0 Å². The standard InChI is InChI=1S/C13H13ClN2O3/c1-8-2-3-9(6-10(8)14)16-12(17)11-7-19-5-4-15(11)13(16)18/h2-3,6,11H,4-5,7H2,1H3. The first-order valence-electron chi connectivity index (χ1n) is 6.08. The number of rotatable bonds is 1. The molecular formula is C13H13ClN2O3. The summed E-state index contributed by atoms with van der Waals surface area (Å²) < 4.78 is 5.26. The van der Waals surface area contributed by atoms with E-state index < -0.39 is 6.04 Å². The highest BCUT2D eigenvalue weighted by Crippen LogP contribution is 2.29. The van der Waals surface area contributed by atoms with Crippen LogP contribution in [-0.2, 0) is 9.53 Å². The zero-order valence-corrected chi connectivity index (χ0v) is 11.2. The molecule has 0 N–H and O–H groups in total. The number of urea groups is 1. The molecule has 1 atom stereocenters. The number of hydrogen-bond donors (Lipinski definition) is 0. The number of fused-ring (bicyclic) bond motifs is 1. The SMILES string of the molecule is Cc1ccc(N2C(=O)C3COCCN3C2=O)cc1Cl. The van der Waals surface area contributed by atoms with Crippen LogP contribution in [0.15, 0.2) is 18.2 Å². The van der Waals surface area contributed by atoms with Crippen molar-refractivity contribution in [2.75, 3.05) is 24.7 Å². The second-order valence-electron chi connectivity index (χ2n) is 4.67. The molecule has 100 valence electrons. The maximum Gasteiger partial charge on any atom is 0.332 e. The molecule has 1 aromatic carbocycles. The fourth-order valence-corrected chi connectivity index (χ4v) is 2.54. The summed E-state index contributed by atoms with van der Waals surface area (Å²) in [5.74, 6) is -0.246. The van der Waals surface area contributed by atoms with Gasteiger partial charge in [-0.3, -0.25) is 4.79 Å². The molecule has 3 rings (SSSR count). The molecule has 2 heterocycles. The molecule has 2 saturated heterocycles. The van der Waals surface area contributed by atoms with Crippen molar-refractivity contribution in [1.82, 2.24) is 4.90 Å². The van der Waals surface area contributed by atoms with Gasteiger partial charge in [-0.25, -0.2) is 9.69 Å². The summed E-state index contributed by atoms with van der Waals surface area (Å²) in [5, 5.41) is 0.541. The number of aryl methyl sites for hydroxylation is 1. The first kappa shape index (κ1) is 12.4. The molecule has 2 aliphatic heterocycles. The summed E-state index contributed by atoms with van der Waals surface area (Å²) >= 11 is 6.05. The Balaban J connectivity index is 1.98. The number of anilines is 1. The molecule has 0 aromatic heterocycles. The van der Waals surface area contributed by atoms with E-state index in [2.05, 4.69) is 0 Å². The minimum Gasteiger partial charge on any atom is -0.377 e. The highest BCUT2D eigenvalue weighted by molar-refractivity contribution is 6.32. The van der Waals surface area contributed by atoms with Crippen molar-refractivity contribution < 1.29 is 14.3 Å². The Labute approximate surface area is 115 Å². The average Bonchev–Trinajstić information content (AvgIpc) is 2.66. The van der Waals surface area contributed by atoms with Gasteiger partial charge in [0.2, 0.25) is 0 Å². The Morgan fingerprint density at radius 3 is 2.84 bits per heavy atom. The van der Waals surface area contributed by atoms with E-state index in [1.54, 1.807) is 23.1 Å². The average molecular weight is 281 g/mol. The number of carbonyl (C=O) groups is 2. The molecule has 0 radical (unpaired) electrons. The summed E-state index contributed by atoms with van der Waals surface area (Å²) in [6, 6.07) is 4.38. The zero-order chi connectivity index (χ0) is 13.6. The Morgan fingerprint density at radius 1 is 1.37 bits per heavy atom. The number of ether oxygens (including phenoxy) is 1. The van der Waals surface area contributed by atoms with Crippen LogP contribution in [0.1, 0.15) is 5.56 Å². The van der Waals surface area contributed by atoms with E-state index in [-0.39, 0.29) is 18.5 Å². The molecule has 1 aromatic rings. The van der Waals surface area contributed by atoms with E-state index in [1.807, 2.05) is 6.92 Å². The Morgan fingerprint density at radius 2 is 2.16 bits per heavy atom. The molecule has 6 heteroatoms. The summed E-state index contributed by atoms with van der Waals surface area (Å²) in [4.78, 5) is 27.3. The van der Waals surface area contributed by atoms with E-state index in [0.29, 0.717) is 23.9 Å². The molecule has 5 nitrogen and oxygen atoms in total. The van der Waals surface area contributed by atoms with Crippen molar-refractivity contribution in [3.05, 3.63) is 28.8 Å². The molecule has 1 unspecified atom stereocenters. The largest absolute Gasteiger partial charge is 0.377 e. The van der Waals surface area contributed by atoms with Crippen molar-refractivity contribution in [2.24, 2.45) is 0 Å². The molecule has 0 spiro atoms. The zero-order valence-electron chi connectivity index (χ0n) is 10.4. The predicted molar refractivity (Wildman–Crippen MR) is 70.4 cm³/mol. The highest BCUT2D eigenvalue weighted by Gasteiger charge is 2.47. The normalized spacial score (nSPS) is 22.9. The summed E-state index contributed by atoms with van der Waals surface area (Å²) in [7, 11) is 0. The number of imide groups is 1. The topological polar surface area (TPSA) is 49.9 Å². The van der Waals surface area contributed by atoms with Crippen molar-refractivity contribution >= 4 is 29.2 Å². The fraction of sp³-hybridized carbons (Fsp3) is 0.385. The van der Waals surface area contributed by atoms with Crippen LogP contribution >= 0.6 is 11.6 Å². The Bertz CT molecular complexity index is 537.